The molecule has 0 saturated heterocycles. The van der Waals surface area contributed by atoms with Gasteiger partial charge in [-0.1, -0.05) is 24.3 Å². The molecule has 1 aromatic carbocycles. The molecule has 0 heterocycles. The third-order valence-electron chi connectivity index (χ3n) is 2.36. The minimum Gasteiger partial charge on any atom is -0.321 e. The van der Waals surface area contributed by atoms with E-state index in [1.54, 1.807) is 13.0 Å². The zero-order valence-corrected chi connectivity index (χ0v) is 8.53. The summed E-state index contributed by atoms with van der Waals surface area (Å²) in [5.74, 6) is 0.675. The summed E-state index contributed by atoms with van der Waals surface area (Å²) in [6.45, 7) is 1.73. The van der Waals surface area contributed by atoms with Crippen LogP contribution in [0.3, 0.4) is 0 Å². The van der Waals surface area contributed by atoms with E-state index in [-0.39, 0.29) is 5.31 Å². The van der Waals surface area contributed by atoms with Crippen molar-refractivity contribution in [2.24, 2.45) is 0 Å². The minimum absolute atomic E-state index is 0.138. The number of rotatable bonds is 1. The van der Waals surface area contributed by atoms with Gasteiger partial charge in [-0.2, -0.15) is 0 Å². The van der Waals surface area contributed by atoms with Crippen LogP contribution < -0.4 is 0 Å². The smallest absolute Gasteiger partial charge is 0.321 e. The summed E-state index contributed by atoms with van der Waals surface area (Å²) in [7, 11) is -4.13. The van der Waals surface area contributed by atoms with Gasteiger partial charge in [0.2, 0.25) is 0 Å². The molecule has 0 aliphatic heterocycles. The minimum atomic E-state index is -4.13. The van der Waals surface area contributed by atoms with Crippen molar-refractivity contribution in [2.75, 3.05) is 0 Å². The van der Waals surface area contributed by atoms with Gasteiger partial charge in [-0.15, -0.1) is 0 Å². The van der Waals surface area contributed by atoms with Crippen molar-refractivity contribution in [3.05, 3.63) is 46.6 Å². The van der Waals surface area contributed by atoms with Crippen LogP contribution in [0.5, 0.6) is 0 Å². The van der Waals surface area contributed by atoms with E-state index in [1.165, 1.54) is 0 Å². The Morgan fingerprint density at radius 3 is 2.43 bits per heavy atom. The van der Waals surface area contributed by atoms with E-state index in [4.69, 9.17) is 9.79 Å². The van der Waals surface area contributed by atoms with Crippen LogP contribution in [0.2, 0.25) is 0 Å². The van der Waals surface area contributed by atoms with Gasteiger partial charge in [-0.25, -0.2) is 0 Å². The molecule has 0 spiro atoms. The van der Waals surface area contributed by atoms with Gasteiger partial charge in [0.15, 0.2) is 0 Å². The van der Waals surface area contributed by atoms with E-state index in [0.29, 0.717) is 5.92 Å². The van der Waals surface area contributed by atoms with Gasteiger partial charge in [0.1, 0.15) is 0 Å². The first-order valence-electron chi connectivity index (χ1n) is 4.21. The molecule has 3 nitrogen and oxygen atoms in total. The number of benzene rings is 1. The molecule has 2 N–H and O–H groups in total. The van der Waals surface area contributed by atoms with Gasteiger partial charge in [-0.05, 0) is 24.1 Å². The summed E-state index contributed by atoms with van der Waals surface area (Å²) in [4.78, 5) is 18.2. The summed E-state index contributed by atoms with van der Waals surface area (Å²) in [6, 6.07) is 7.43. The van der Waals surface area contributed by atoms with E-state index < -0.39 is 7.60 Å². The lowest BCUT2D eigenvalue weighted by Gasteiger charge is -2.10. The summed E-state index contributed by atoms with van der Waals surface area (Å²) in [5, 5.41) is 0.138. The van der Waals surface area contributed by atoms with Crippen LogP contribution >= 0.6 is 7.60 Å². The van der Waals surface area contributed by atoms with E-state index in [2.05, 4.69) is 0 Å². The Morgan fingerprint density at radius 1 is 1.21 bits per heavy atom. The Kier molecular flexibility index (Phi) is 2.11. The lowest BCUT2D eigenvalue weighted by atomic mass is 10.0. The molecular weight excluding hydrogens is 199 g/mol. The molecular formula is C10H10O3P. The highest BCUT2D eigenvalue weighted by Crippen LogP contribution is 2.55. The predicted molar refractivity (Wildman–Crippen MR) is 54.5 cm³/mol. The van der Waals surface area contributed by atoms with Crippen molar-refractivity contribution in [3.8, 4) is 0 Å². The molecule has 0 aromatic heterocycles. The Bertz CT molecular complexity index is 444. The number of hydrogen-bond donors (Lipinski definition) is 2. The van der Waals surface area contributed by atoms with Crippen molar-refractivity contribution < 1.29 is 14.4 Å². The largest absolute Gasteiger partial charge is 0.353 e. The summed E-state index contributed by atoms with van der Waals surface area (Å²) in [5.41, 5.74) is 1.79. The normalized spacial score (nSPS) is 16.6. The molecule has 0 saturated carbocycles. The van der Waals surface area contributed by atoms with Crippen molar-refractivity contribution in [2.45, 2.75) is 6.92 Å². The Morgan fingerprint density at radius 2 is 1.86 bits per heavy atom. The van der Waals surface area contributed by atoms with Gasteiger partial charge in [0.25, 0.3) is 0 Å². The van der Waals surface area contributed by atoms with Crippen LogP contribution in [0.25, 0.3) is 6.08 Å². The number of allylic oxidation sites excluding steroid dienone is 1. The van der Waals surface area contributed by atoms with Gasteiger partial charge >= 0.3 is 7.60 Å². The molecule has 1 aromatic rings. The van der Waals surface area contributed by atoms with Crippen molar-refractivity contribution in [1.82, 2.24) is 0 Å². The average Bonchev–Trinajstić information content (AvgIpc) is 2.44. The van der Waals surface area contributed by atoms with Gasteiger partial charge in [0.05, 0.1) is 5.31 Å². The SMILES string of the molecule is C[C]1C(P(=O)(O)O)=Cc2ccccc21. The molecule has 2 rings (SSSR count). The molecule has 73 valence electrons. The zero-order chi connectivity index (χ0) is 10.3. The quantitative estimate of drug-likeness (QED) is 0.697. The molecule has 4 heteroatoms. The lowest BCUT2D eigenvalue weighted by molar-refractivity contribution is 0.382. The van der Waals surface area contributed by atoms with E-state index in [9.17, 15) is 4.57 Å². The molecule has 1 aliphatic carbocycles. The second-order valence-corrected chi connectivity index (χ2v) is 4.86. The van der Waals surface area contributed by atoms with E-state index in [1.807, 2.05) is 24.3 Å². The highest BCUT2D eigenvalue weighted by atomic mass is 31.2. The fraction of sp³-hybridized carbons (Fsp3) is 0.100. The number of hydrogen-bond acceptors (Lipinski definition) is 1. The molecule has 0 amide bonds. The first-order valence-corrected chi connectivity index (χ1v) is 5.82. The van der Waals surface area contributed by atoms with Gasteiger partial charge in [-0.3, -0.25) is 4.57 Å². The summed E-state index contributed by atoms with van der Waals surface area (Å²) in [6.07, 6.45) is 1.56. The highest BCUT2D eigenvalue weighted by Gasteiger charge is 2.32. The van der Waals surface area contributed by atoms with Gasteiger partial charge < -0.3 is 9.79 Å². The Hall–Kier alpha value is -0.890. The first kappa shape index (κ1) is 9.66. The molecule has 0 unspecified atom stereocenters. The van der Waals surface area contributed by atoms with Crippen LogP contribution in [0.15, 0.2) is 29.6 Å². The van der Waals surface area contributed by atoms with Crippen LogP contribution in [0, 0.1) is 5.92 Å². The van der Waals surface area contributed by atoms with Crippen LogP contribution in [-0.2, 0) is 4.57 Å². The van der Waals surface area contributed by atoms with Crippen LogP contribution in [0.1, 0.15) is 18.1 Å². The predicted octanol–water partition coefficient (Wildman–Crippen LogP) is 2.16. The molecule has 1 aliphatic rings. The molecule has 0 bridgehead atoms. The topological polar surface area (TPSA) is 57.5 Å². The maximum Gasteiger partial charge on any atom is 0.353 e. The maximum atomic E-state index is 11.1. The lowest BCUT2D eigenvalue weighted by Crippen LogP contribution is -1.94. The molecule has 14 heavy (non-hydrogen) atoms. The highest BCUT2D eigenvalue weighted by molar-refractivity contribution is 7.57. The zero-order valence-electron chi connectivity index (χ0n) is 7.64. The van der Waals surface area contributed by atoms with E-state index >= 15 is 0 Å². The standard InChI is InChI=1S/C10H10O3P/c1-7-9-5-3-2-4-8(9)6-10(7)14(11,12)13/h2-6H,1H3,(H2,11,12,13). The van der Waals surface area contributed by atoms with Crippen LogP contribution in [0.4, 0.5) is 0 Å². The third-order valence-corrected chi connectivity index (χ3v) is 3.45. The average molecular weight is 209 g/mol. The van der Waals surface area contributed by atoms with Crippen LogP contribution in [-0.4, -0.2) is 9.79 Å². The molecule has 0 atom stereocenters. The molecule has 0 fully saturated rings. The fourth-order valence-electron chi connectivity index (χ4n) is 1.66. The molecule has 1 radical (unpaired) electrons. The Labute approximate surface area is 82.2 Å². The Balaban J connectivity index is 2.52. The van der Waals surface area contributed by atoms with Gasteiger partial charge in [0, 0.05) is 5.92 Å². The van der Waals surface area contributed by atoms with Crippen molar-refractivity contribution >= 4 is 13.7 Å². The maximum absolute atomic E-state index is 11.1. The second-order valence-electron chi connectivity index (χ2n) is 3.29. The third kappa shape index (κ3) is 1.44. The number of fused-ring (bicyclic) bond motifs is 1. The van der Waals surface area contributed by atoms with Crippen molar-refractivity contribution in [1.29, 1.82) is 0 Å². The monoisotopic (exact) mass is 209 g/mol. The first-order chi connectivity index (χ1) is 6.50. The van der Waals surface area contributed by atoms with E-state index in [0.717, 1.165) is 11.1 Å². The summed E-state index contributed by atoms with van der Waals surface area (Å²) >= 11 is 0. The van der Waals surface area contributed by atoms with Crippen molar-refractivity contribution in [3.63, 3.8) is 0 Å². The fourth-order valence-corrected chi connectivity index (χ4v) is 2.53. The second kappa shape index (κ2) is 3.06. The summed E-state index contributed by atoms with van der Waals surface area (Å²) < 4.78 is 11.1.